The molecule has 0 radical (unpaired) electrons. The second kappa shape index (κ2) is 9.10. The molecule has 1 amide bonds. The number of likely N-dealkylation sites (N-methyl/N-ethyl adjacent to an activating group) is 1. The van der Waals surface area contributed by atoms with Gasteiger partial charge in [0, 0.05) is 44.0 Å². The maximum atomic E-state index is 12.2. The Morgan fingerprint density at radius 1 is 1.41 bits per heavy atom. The summed E-state index contributed by atoms with van der Waals surface area (Å²) < 4.78 is 0. The lowest BCUT2D eigenvalue weighted by atomic mass is 10.2. The van der Waals surface area contributed by atoms with Crippen LogP contribution in [0.1, 0.15) is 24.8 Å². The van der Waals surface area contributed by atoms with E-state index in [0.29, 0.717) is 30.3 Å². The maximum absolute atomic E-state index is 12.2. The van der Waals surface area contributed by atoms with E-state index in [2.05, 4.69) is 31.4 Å². The number of carbonyl (C=O) groups is 1. The van der Waals surface area contributed by atoms with E-state index in [4.69, 9.17) is 5.26 Å². The van der Waals surface area contributed by atoms with Crippen molar-refractivity contribution in [1.82, 2.24) is 15.1 Å². The zero-order chi connectivity index (χ0) is 19.1. The number of hydrogen-bond acceptors (Lipinski definition) is 6. The summed E-state index contributed by atoms with van der Waals surface area (Å²) in [4.78, 5) is 16.7. The minimum Gasteiger partial charge on any atom is -0.351 e. The number of nitrogens with one attached hydrogen (secondary N) is 1. The molecule has 3 rings (SSSR count). The number of hydrogen-bond donors (Lipinski definition) is 1. The molecule has 1 saturated heterocycles. The number of amides is 1. The largest absolute Gasteiger partial charge is 0.351 e. The number of nitrogens with zero attached hydrogens (tertiary/aromatic N) is 5. The molecular formula is C20H24N6O. The lowest BCUT2D eigenvalue weighted by Gasteiger charge is -2.29. The molecule has 1 aromatic carbocycles. The highest BCUT2D eigenvalue weighted by atomic mass is 16.1. The van der Waals surface area contributed by atoms with Gasteiger partial charge in [-0.25, -0.2) is 0 Å². The molecule has 7 nitrogen and oxygen atoms in total. The van der Waals surface area contributed by atoms with Gasteiger partial charge in [-0.3, -0.25) is 4.79 Å². The third kappa shape index (κ3) is 5.25. The molecule has 1 fully saturated rings. The quantitative estimate of drug-likeness (QED) is 0.811. The first kappa shape index (κ1) is 18.8. The van der Waals surface area contributed by atoms with Crippen molar-refractivity contribution in [2.45, 2.75) is 25.3 Å². The molecule has 1 N–H and O–H groups in total. The van der Waals surface area contributed by atoms with Gasteiger partial charge in [-0.05, 0) is 50.2 Å². The van der Waals surface area contributed by atoms with Crippen molar-refractivity contribution in [3.05, 3.63) is 48.2 Å². The zero-order valence-electron chi connectivity index (χ0n) is 15.5. The van der Waals surface area contributed by atoms with Crippen LogP contribution in [0.5, 0.6) is 0 Å². The molecule has 7 heteroatoms. The average molecular weight is 364 g/mol. The Bertz CT molecular complexity index is 804. The maximum Gasteiger partial charge on any atom is 0.225 e. The molecule has 2 aromatic rings. The first-order chi connectivity index (χ1) is 13.2. The molecule has 1 atom stereocenters. The van der Waals surface area contributed by atoms with E-state index in [1.807, 2.05) is 19.2 Å². The summed E-state index contributed by atoms with van der Waals surface area (Å²) in [7, 11) is 2.04. The van der Waals surface area contributed by atoms with Crippen molar-refractivity contribution >= 4 is 17.4 Å². The van der Waals surface area contributed by atoms with E-state index in [0.717, 1.165) is 31.7 Å². The van der Waals surface area contributed by atoms with E-state index in [-0.39, 0.29) is 5.91 Å². The van der Waals surface area contributed by atoms with Gasteiger partial charge < -0.3 is 15.1 Å². The monoisotopic (exact) mass is 364 g/mol. The molecule has 1 aliphatic heterocycles. The fraction of sp³-hybridized carbons (Fsp3) is 0.400. The van der Waals surface area contributed by atoms with Crippen LogP contribution in [0.3, 0.4) is 0 Å². The zero-order valence-corrected chi connectivity index (χ0v) is 15.5. The minimum absolute atomic E-state index is 0.0471. The van der Waals surface area contributed by atoms with Gasteiger partial charge in [0.1, 0.15) is 0 Å². The predicted octanol–water partition coefficient (Wildman–Crippen LogP) is 2.28. The van der Waals surface area contributed by atoms with Gasteiger partial charge in [-0.2, -0.15) is 10.4 Å². The molecule has 27 heavy (non-hydrogen) atoms. The lowest BCUT2D eigenvalue weighted by Crippen LogP contribution is -2.40. The SMILES string of the molecule is CN(CCC(=O)Nc1cccc(C#N)c1)CC1CCCN1c1cccnn1. The van der Waals surface area contributed by atoms with Crippen LogP contribution in [0.4, 0.5) is 11.5 Å². The highest BCUT2D eigenvalue weighted by molar-refractivity contribution is 5.90. The number of benzene rings is 1. The van der Waals surface area contributed by atoms with Crippen LogP contribution in [0, 0.1) is 11.3 Å². The Morgan fingerprint density at radius 3 is 3.07 bits per heavy atom. The summed E-state index contributed by atoms with van der Waals surface area (Å²) in [6, 6.07) is 13.3. The van der Waals surface area contributed by atoms with Crippen LogP contribution in [0.2, 0.25) is 0 Å². The van der Waals surface area contributed by atoms with E-state index >= 15 is 0 Å². The summed E-state index contributed by atoms with van der Waals surface area (Å²) >= 11 is 0. The third-order valence-electron chi connectivity index (χ3n) is 4.75. The van der Waals surface area contributed by atoms with E-state index in [1.54, 1.807) is 30.5 Å². The standard InChI is InChI=1S/C20H24N6O/c1-25(12-9-20(27)23-17-6-2-5-16(13-17)14-21)15-18-7-4-11-26(18)19-8-3-10-22-24-19/h2-3,5-6,8,10,13,18H,4,7,9,11-12,15H2,1H3,(H,23,27). The molecule has 0 bridgehead atoms. The molecule has 2 heterocycles. The Hall–Kier alpha value is -2.98. The first-order valence-corrected chi connectivity index (χ1v) is 9.18. The van der Waals surface area contributed by atoms with Gasteiger partial charge in [0.25, 0.3) is 0 Å². The fourth-order valence-corrected chi connectivity index (χ4v) is 3.41. The van der Waals surface area contributed by atoms with Crippen LogP contribution in [-0.2, 0) is 4.79 Å². The molecule has 1 unspecified atom stereocenters. The van der Waals surface area contributed by atoms with Crippen LogP contribution in [0.25, 0.3) is 0 Å². The molecule has 0 saturated carbocycles. The second-order valence-corrected chi connectivity index (χ2v) is 6.82. The van der Waals surface area contributed by atoms with Gasteiger partial charge in [0.15, 0.2) is 5.82 Å². The first-order valence-electron chi connectivity index (χ1n) is 9.18. The summed E-state index contributed by atoms with van der Waals surface area (Å²) in [5.74, 6) is 0.873. The van der Waals surface area contributed by atoms with Crippen molar-refractivity contribution in [2.75, 3.05) is 36.9 Å². The van der Waals surface area contributed by atoms with Gasteiger partial charge in [-0.1, -0.05) is 6.07 Å². The highest BCUT2D eigenvalue weighted by Crippen LogP contribution is 2.23. The van der Waals surface area contributed by atoms with E-state index in [9.17, 15) is 4.79 Å². The minimum atomic E-state index is -0.0471. The Kier molecular flexibility index (Phi) is 6.34. The van der Waals surface area contributed by atoms with Crippen molar-refractivity contribution in [3.63, 3.8) is 0 Å². The van der Waals surface area contributed by atoms with Gasteiger partial charge in [0.2, 0.25) is 5.91 Å². The number of anilines is 2. The second-order valence-electron chi connectivity index (χ2n) is 6.82. The molecule has 140 valence electrons. The average Bonchev–Trinajstić information content (AvgIpc) is 3.15. The number of aromatic nitrogens is 2. The smallest absolute Gasteiger partial charge is 0.225 e. The van der Waals surface area contributed by atoms with Crippen molar-refractivity contribution in [1.29, 1.82) is 5.26 Å². The van der Waals surface area contributed by atoms with Gasteiger partial charge in [-0.15, -0.1) is 5.10 Å². The van der Waals surface area contributed by atoms with E-state index in [1.165, 1.54) is 0 Å². The van der Waals surface area contributed by atoms with Crippen LogP contribution >= 0.6 is 0 Å². The summed E-state index contributed by atoms with van der Waals surface area (Å²) in [5, 5.41) is 20.0. The fourth-order valence-electron chi connectivity index (χ4n) is 3.41. The molecule has 1 aromatic heterocycles. The van der Waals surface area contributed by atoms with Crippen molar-refractivity contribution < 1.29 is 4.79 Å². The van der Waals surface area contributed by atoms with Gasteiger partial charge >= 0.3 is 0 Å². The normalized spacial score (nSPS) is 16.3. The van der Waals surface area contributed by atoms with Crippen molar-refractivity contribution in [3.8, 4) is 6.07 Å². The van der Waals surface area contributed by atoms with E-state index < -0.39 is 0 Å². The summed E-state index contributed by atoms with van der Waals surface area (Å²) in [6.07, 6.45) is 4.36. The number of rotatable bonds is 7. The molecule has 0 spiro atoms. The van der Waals surface area contributed by atoms with Crippen LogP contribution in [-0.4, -0.2) is 53.7 Å². The topological polar surface area (TPSA) is 85.2 Å². The Labute approximate surface area is 159 Å². The number of nitriles is 1. The molecule has 0 aliphatic carbocycles. The van der Waals surface area contributed by atoms with Crippen molar-refractivity contribution in [2.24, 2.45) is 0 Å². The summed E-state index contributed by atoms with van der Waals surface area (Å²) in [5.41, 5.74) is 1.20. The van der Waals surface area contributed by atoms with Crippen LogP contribution in [0.15, 0.2) is 42.6 Å². The molecular weight excluding hydrogens is 340 g/mol. The third-order valence-corrected chi connectivity index (χ3v) is 4.75. The Balaban J connectivity index is 1.47. The Morgan fingerprint density at radius 2 is 2.30 bits per heavy atom. The summed E-state index contributed by atoms with van der Waals surface area (Å²) in [6.45, 7) is 2.55. The van der Waals surface area contributed by atoms with Crippen LogP contribution < -0.4 is 10.2 Å². The predicted molar refractivity (Wildman–Crippen MR) is 104 cm³/mol. The lowest BCUT2D eigenvalue weighted by molar-refractivity contribution is -0.116. The molecule has 1 aliphatic rings. The number of carbonyl (C=O) groups excluding carboxylic acids is 1. The van der Waals surface area contributed by atoms with Gasteiger partial charge in [0.05, 0.1) is 11.6 Å². The highest BCUT2D eigenvalue weighted by Gasteiger charge is 2.26.